The van der Waals surface area contributed by atoms with E-state index in [1.54, 1.807) is 0 Å². The van der Waals surface area contributed by atoms with Crippen molar-refractivity contribution in [3.05, 3.63) is 0 Å². The van der Waals surface area contributed by atoms with Gasteiger partial charge in [-0.1, -0.05) is 0 Å². The van der Waals surface area contributed by atoms with Crippen LogP contribution in [0.4, 0.5) is 0 Å². The summed E-state index contributed by atoms with van der Waals surface area (Å²) in [7, 11) is 0. The number of aliphatic hydroxyl groups excluding tert-OH is 1. The lowest BCUT2D eigenvalue weighted by atomic mass is 10.1. The zero-order chi connectivity index (χ0) is 8.97. The summed E-state index contributed by atoms with van der Waals surface area (Å²) in [5.74, 6) is -0.193. The summed E-state index contributed by atoms with van der Waals surface area (Å²) < 4.78 is 0. The normalized spacial score (nSPS) is 28.0. The van der Waals surface area contributed by atoms with Crippen molar-refractivity contribution in [2.45, 2.75) is 25.4 Å². The second-order valence-electron chi connectivity index (χ2n) is 3.04. The molecule has 4 nitrogen and oxygen atoms in total. The zero-order valence-corrected chi connectivity index (χ0v) is 6.79. The minimum absolute atomic E-state index is 0.0609. The molecular formula is C8H12N2O2. The van der Waals surface area contributed by atoms with E-state index in [2.05, 4.69) is 5.32 Å². The number of hydrogen-bond acceptors (Lipinski definition) is 3. The molecule has 0 aliphatic heterocycles. The molecule has 1 aliphatic rings. The predicted molar refractivity (Wildman–Crippen MR) is 42.0 cm³/mol. The van der Waals surface area contributed by atoms with Crippen LogP contribution in [-0.4, -0.2) is 23.7 Å². The van der Waals surface area contributed by atoms with Gasteiger partial charge < -0.3 is 10.4 Å². The molecule has 0 saturated heterocycles. The Morgan fingerprint density at radius 1 is 1.67 bits per heavy atom. The lowest BCUT2D eigenvalue weighted by Gasteiger charge is -2.06. The Morgan fingerprint density at radius 2 is 2.42 bits per heavy atom. The number of carbonyl (C=O) groups excluding carboxylic acids is 1. The van der Waals surface area contributed by atoms with E-state index in [-0.39, 0.29) is 24.5 Å². The largest absolute Gasteiger partial charge is 0.393 e. The van der Waals surface area contributed by atoms with E-state index in [1.165, 1.54) is 0 Å². The van der Waals surface area contributed by atoms with E-state index in [1.807, 2.05) is 6.07 Å². The van der Waals surface area contributed by atoms with Crippen molar-refractivity contribution in [1.82, 2.24) is 5.32 Å². The highest BCUT2D eigenvalue weighted by Gasteiger charge is 2.28. The molecule has 2 atom stereocenters. The third-order valence-corrected chi connectivity index (χ3v) is 2.12. The summed E-state index contributed by atoms with van der Waals surface area (Å²) in [6.45, 7) is 0.0609. The van der Waals surface area contributed by atoms with Gasteiger partial charge in [0.2, 0.25) is 5.91 Å². The molecule has 0 heterocycles. The monoisotopic (exact) mass is 168 g/mol. The lowest BCUT2D eigenvalue weighted by molar-refractivity contribution is -0.124. The third kappa shape index (κ3) is 2.21. The maximum atomic E-state index is 11.2. The zero-order valence-electron chi connectivity index (χ0n) is 6.79. The highest BCUT2D eigenvalue weighted by Crippen LogP contribution is 2.25. The molecule has 1 rings (SSSR count). The SMILES string of the molecule is N#CCNC(=O)C1CCC(O)C1. The highest BCUT2D eigenvalue weighted by atomic mass is 16.3. The maximum absolute atomic E-state index is 11.2. The van der Waals surface area contributed by atoms with Crippen molar-refractivity contribution in [2.75, 3.05) is 6.54 Å². The summed E-state index contributed by atoms with van der Waals surface area (Å²) in [4.78, 5) is 11.2. The number of aliphatic hydroxyl groups is 1. The number of hydrogen-bond donors (Lipinski definition) is 2. The standard InChI is InChI=1S/C8H12N2O2/c9-3-4-10-8(12)6-1-2-7(11)5-6/h6-7,11H,1-2,4-5H2,(H,10,12). The number of amides is 1. The fraction of sp³-hybridized carbons (Fsp3) is 0.750. The average Bonchev–Trinajstić information content (AvgIpc) is 2.47. The molecular weight excluding hydrogens is 156 g/mol. The van der Waals surface area contributed by atoms with E-state index in [0.29, 0.717) is 12.8 Å². The first-order chi connectivity index (χ1) is 5.74. The van der Waals surface area contributed by atoms with Gasteiger partial charge in [-0.25, -0.2) is 0 Å². The van der Waals surface area contributed by atoms with Crippen LogP contribution in [0.5, 0.6) is 0 Å². The Labute approximate surface area is 71.2 Å². The van der Waals surface area contributed by atoms with Gasteiger partial charge in [0.15, 0.2) is 0 Å². The maximum Gasteiger partial charge on any atom is 0.224 e. The average molecular weight is 168 g/mol. The molecule has 1 amide bonds. The van der Waals surface area contributed by atoms with E-state index < -0.39 is 0 Å². The van der Waals surface area contributed by atoms with Crippen LogP contribution in [0.15, 0.2) is 0 Å². The first-order valence-corrected chi connectivity index (χ1v) is 4.06. The number of nitriles is 1. The molecule has 12 heavy (non-hydrogen) atoms. The van der Waals surface area contributed by atoms with Crippen LogP contribution in [0.25, 0.3) is 0 Å². The minimum atomic E-state index is -0.331. The number of carbonyl (C=O) groups is 1. The minimum Gasteiger partial charge on any atom is -0.393 e. The smallest absolute Gasteiger partial charge is 0.224 e. The molecule has 2 unspecified atom stereocenters. The second-order valence-corrected chi connectivity index (χ2v) is 3.04. The summed E-state index contributed by atoms with van der Waals surface area (Å²) in [6.07, 6.45) is 1.64. The molecule has 0 aromatic heterocycles. The quantitative estimate of drug-likeness (QED) is 0.560. The molecule has 0 aromatic rings. The fourth-order valence-electron chi connectivity index (χ4n) is 1.47. The molecule has 1 saturated carbocycles. The van der Waals surface area contributed by atoms with Gasteiger partial charge in [0, 0.05) is 5.92 Å². The van der Waals surface area contributed by atoms with Gasteiger partial charge in [-0.3, -0.25) is 4.79 Å². The predicted octanol–water partition coefficient (Wildman–Crippen LogP) is -0.213. The van der Waals surface area contributed by atoms with E-state index in [4.69, 9.17) is 10.4 Å². The Morgan fingerprint density at radius 3 is 2.92 bits per heavy atom. The van der Waals surface area contributed by atoms with E-state index in [9.17, 15) is 4.79 Å². The van der Waals surface area contributed by atoms with Crippen molar-refractivity contribution in [1.29, 1.82) is 5.26 Å². The first kappa shape index (κ1) is 9.01. The number of nitrogens with zero attached hydrogens (tertiary/aromatic N) is 1. The topological polar surface area (TPSA) is 73.1 Å². The van der Waals surface area contributed by atoms with Crippen LogP contribution in [0, 0.1) is 17.2 Å². The molecule has 0 radical (unpaired) electrons. The molecule has 1 fully saturated rings. The first-order valence-electron chi connectivity index (χ1n) is 4.06. The Bertz CT molecular complexity index is 210. The van der Waals surface area contributed by atoms with E-state index in [0.717, 1.165) is 6.42 Å². The summed E-state index contributed by atoms with van der Waals surface area (Å²) in [5.41, 5.74) is 0. The van der Waals surface area contributed by atoms with Crippen LogP contribution < -0.4 is 5.32 Å². The molecule has 66 valence electrons. The molecule has 4 heteroatoms. The van der Waals surface area contributed by atoms with E-state index >= 15 is 0 Å². The van der Waals surface area contributed by atoms with Gasteiger partial charge in [-0.15, -0.1) is 0 Å². The molecule has 2 N–H and O–H groups in total. The van der Waals surface area contributed by atoms with Crippen molar-refractivity contribution in [3.8, 4) is 6.07 Å². The van der Waals surface area contributed by atoms with Gasteiger partial charge in [-0.05, 0) is 19.3 Å². The number of rotatable bonds is 2. The summed E-state index contributed by atoms with van der Waals surface area (Å²) in [6, 6.07) is 1.84. The molecule has 0 aromatic carbocycles. The van der Waals surface area contributed by atoms with Crippen LogP contribution >= 0.6 is 0 Å². The van der Waals surface area contributed by atoms with Crippen LogP contribution in [-0.2, 0) is 4.79 Å². The third-order valence-electron chi connectivity index (χ3n) is 2.12. The second kappa shape index (κ2) is 4.07. The van der Waals surface area contributed by atoms with Crippen molar-refractivity contribution < 1.29 is 9.90 Å². The van der Waals surface area contributed by atoms with Gasteiger partial charge in [0.25, 0.3) is 0 Å². The van der Waals surface area contributed by atoms with Crippen molar-refractivity contribution >= 4 is 5.91 Å². The van der Waals surface area contributed by atoms with Gasteiger partial charge in [0.05, 0.1) is 12.2 Å². The molecule has 1 aliphatic carbocycles. The summed E-state index contributed by atoms with van der Waals surface area (Å²) >= 11 is 0. The van der Waals surface area contributed by atoms with Gasteiger partial charge in [0.1, 0.15) is 6.54 Å². The Balaban J connectivity index is 2.29. The highest BCUT2D eigenvalue weighted by molar-refractivity contribution is 5.79. The molecule has 0 bridgehead atoms. The Hall–Kier alpha value is -1.08. The summed E-state index contributed by atoms with van der Waals surface area (Å²) in [5, 5.41) is 19.8. The van der Waals surface area contributed by atoms with Crippen molar-refractivity contribution in [3.63, 3.8) is 0 Å². The van der Waals surface area contributed by atoms with Crippen molar-refractivity contribution in [2.24, 2.45) is 5.92 Å². The fourth-order valence-corrected chi connectivity index (χ4v) is 1.47. The number of nitrogens with one attached hydrogen (secondary N) is 1. The van der Waals surface area contributed by atoms with Crippen LogP contribution in [0.1, 0.15) is 19.3 Å². The van der Waals surface area contributed by atoms with Crippen LogP contribution in [0.2, 0.25) is 0 Å². The van der Waals surface area contributed by atoms with Gasteiger partial charge >= 0.3 is 0 Å². The Kier molecular flexibility index (Phi) is 3.06. The lowest BCUT2D eigenvalue weighted by Crippen LogP contribution is -2.29. The van der Waals surface area contributed by atoms with Crippen LogP contribution in [0.3, 0.4) is 0 Å². The molecule has 0 spiro atoms. The van der Waals surface area contributed by atoms with Gasteiger partial charge in [-0.2, -0.15) is 5.26 Å².